The van der Waals surface area contributed by atoms with Gasteiger partial charge >= 0.3 is 5.97 Å². The lowest BCUT2D eigenvalue weighted by molar-refractivity contribution is 0.0602. The van der Waals surface area contributed by atoms with Gasteiger partial charge in [0.05, 0.1) is 22.7 Å². The molecule has 0 bridgehead atoms. The molecule has 2 aromatic rings. The number of ether oxygens (including phenoxy) is 1. The number of nitrogen functional groups attached to an aromatic ring is 1. The Hall–Kier alpha value is -1.79. The van der Waals surface area contributed by atoms with Crippen molar-refractivity contribution in [2.45, 2.75) is 6.42 Å². The van der Waals surface area contributed by atoms with Gasteiger partial charge in [0.25, 0.3) is 0 Å². The van der Waals surface area contributed by atoms with Crippen molar-refractivity contribution in [2.24, 2.45) is 0 Å². The predicted molar refractivity (Wildman–Crippen MR) is 81.5 cm³/mol. The molecule has 7 heteroatoms. The first kappa shape index (κ1) is 14.6. The summed E-state index contributed by atoms with van der Waals surface area (Å²) in [6.45, 7) is 0.651. The summed E-state index contributed by atoms with van der Waals surface area (Å²) in [5.41, 5.74) is 6.50. The van der Waals surface area contributed by atoms with E-state index in [2.05, 4.69) is 15.0 Å². The summed E-state index contributed by atoms with van der Waals surface area (Å²) in [4.78, 5) is 16.8. The van der Waals surface area contributed by atoms with Crippen LogP contribution in [0.15, 0.2) is 24.4 Å². The number of pyridine rings is 1. The number of rotatable bonds is 5. The molecule has 2 rings (SSSR count). The summed E-state index contributed by atoms with van der Waals surface area (Å²) in [6.07, 6.45) is 2.33. The molecule has 0 fully saturated rings. The minimum atomic E-state index is -0.474. The largest absolute Gasteiger partial charge is 0.465 e. The number of nitrogens with zero attached hydrogens (tertiary/aromatic N) is 1. The van der Waals surface area contributed by atoms with Crippen LogP contribution in [0.4, 0.5) is 11.5 Å². The molecule has 2 aromatic heterocycles. The normalized spacial score (nSPS) is 10.3. The molecule has 0 aliphatic heterocycles. The van der Waals surface area contributed by atoms with Gasteiger partial charge in [-0.15, -0.1) is 11.3 Å². The average Bonchev–Trinajstić information content (AvgIpc) is 2.85. The molecule has 0 saturated heterocycles. The van der Waals surface area contributed by atoms with Gasteiger partial charge in [0.2, 0.25) is 0 Å². The van der Waals surface area contributed by atoms with Crippen molar-refractivity contribution in [1.82, 2.24) is 4.98 Å². The molecule has 0 unspecified atom stereocenters. The summed E-state index contributed by atoms with van der Waals surface area (Å²) in [5, 5.41) is 3.11. The topological polar surface area (TPSA) is 77.2 Å². The van der Waals surface area contributed by atoms with Crippen LogP contribution in [0, 0.1) is 0 Å². The van der Waals surface area contributed by atoms with Crippen LogP contribution < -0.4 is 11.1 Å². The highest BCUT2D eigenvalue weighted by atomic mass is 35.5. The number of carbonyl (C=O) groups is 1. The molecule has 106 valence electrons. The van der Waals surface area contributed by atoms with Crippen molar-refractivity contribution in [2.75, 3.05) is 24.7 Å². The zero-order valence-electron chi connectivity index (χ0n) is 10.9. The van der Waals surface area contributed by atoms with Crippen LogP contribution in [-0.4, -0.2) is 24.6 Å². The predicted octanol–water partition coefficient (Wildman–Crippen LogP) is 2.82. The van der Waals surface area contributed by atoms with Gasteiger partial charge in [0, 0.05) is 17.6 Å². The molecular formula is C13H14ClN3O2S. The molecule has 0 spiro atoms. The SMILES string of the molecule is COC(=O)c1ccnc(NCCc2ccc(Cl)s2)c1N. The minimum absolute atomic E-state index is 0.295. The Morgan fingerprint density at radius 1 is 1.50 bits per heavy atom. The average molecular weight is 312 g/mol. The highest BCUT2D eigenvalue weighted by Gasteiger charge is 2.13. The Bertz CT molecular complexity index is 615. The molecular weight excluding hydrogens is 298 g/mol. The van der Waals surface area contributed by atoms with Crippen molar-refractivity contribution >= 4 is 40.4 Å². The van der Waals surface area contributed by atoms with Gasteiger partial charge in [-0.05, 0) is 24.6 Å². The number of hydrogen-bond donors (Lipinski definition) is 2. The number of nitrogens with one attached hydrogen (secondary N) is 1. The summed E-state index contributed by atoms with van der Waals surface area (Å²) in [7, 11) is 1.32. The van der Waals surface area contributed by atoms with Crippen LogP contribution >= 0.6 is 22.9 Å². The van der Waals surface area contributed by atoms with Crippen LogP contribution in [0.2, 0.25) is 4.34 Å². The minimum Gasteiger partial charge on any atom is -0.465 e. The lowest BCUT2D eigenvalue weighted by Crippen LogP contribution is -2.12. The fourth-order valence-electron chi connectivity index (χ4n) is 1.69. The van der Waals surface area contributed by atoms with Crippen LogP contribution in [0.1, 0.15) is 15.2 Å². The molecule has 0 aliphatic rings. The van der Waals surface area contributed by atoms with Crippen molar-refractivity contribution in [1.29, 1.82) is 0 Å². The number of hydrogen-bond acceptors (Lipinski definition) is 6. The molecule has 2 heterocycles. The molecule has 0 radical (unpaired) electrons. The molecule has 0 saturated carbocycles. The molecule has 0 amide bonds. The second-order valence-corrected chi connectivity index (χ2v) is 5.79. The summed E-state index contributed by atoms with van der Waals surface area (Å²) < 4.78 is 5.43. The number of nitrogens with two attached hydrogens (primary N) is 1. The number of anilines is 2. The van der Waals surface area contributed by atoms with E-state index in [0.717, 1.165) is 10.8 Å². The first-order chi connectivity index (χ1) is 9.61. The van der Waals surface area contributed by atoms with Crippen molar-refractivity contribution in [3.8, 4) is 0 Å². The molecule has 3 N–H and O–H groups in total. The van der Waals surface area contributed by atoms with Crippen molar-refractivity contribution in [3.05, 3.63) is 39.2 Å². The number of esters is 1. The standard InChI is InChI=1S/C13H14ClN3O2S/c1-19-13(18)9-5-7-17-12(11(9)15)16-6-4-8-2-3-10(14)20-8/h2-3,5,7H,4,6,15H2,1H3,(H,16,17). The van der Waals surface area contributed by atoms with Crippen LogP contribution in [-0.2, 0) is 11.2 Å². The van der Waals surface area contributed by atoms with Gasteiger partial charge in [-0.25, -0.2) is 9.78 Å². The van der Waals surface area contributed by atoms with E-state index in [1.54, 1.807) is 0 Å². The fourth-order valence-corrected chi connectivity index (χ4v) is 2.78. The van der Waals surface area contributed by atoms with E-state index in [4.69, 9.17) is 17.3 Å². The van der Waals surface area contributed by atoms with Gasteiger partial charge in [0.1, 0.15) is 5.82 Å². The van der Waals surface area contributed by atoms with E-state index in [0.29, 0.717) is 23.6 Å². The summed E-state index contributed by atoms with van der Waals surface area (Å²) in [5.74, 6) is 0.00791. The third-order valence-corrected chi connectivity index (χ3v) is 3.98. The van der Waals surface area contributed by atoms with Crippen LogP contribution in [0.3, 0.4) is 0 Å². The van der Waals surface area contributed by atoms with Gasteiger partial charge in [-0.1, -0.05) is 11.6 Å². The fraction of sp³-hybridized carbons (Fsp3) is 0.231. The Labute approximate surface area is 125 Å². The Kier molecular flexibility index (Phi) is 4.81. The van der Waals surface area contributed by atoms with Crippen molar-refractivity contribution in [3.63, 3.8) is 0 Å². The van der Waals surface area contributed by atoms with Gasteiger partial charge in [-0.3, -0.25) is 0 Å². The molecule has 20 heavy (non-hydrogen) atoms. The number of carbonyl (C=O) groups excluding carboxylic acids is 1. The molecule has 0 aromatic carbocycles. The van der Waals surface area contributed by atoms with E-state index >= 15 is 0 Å². The summed E-state index contributed by atoms with van der Waals surface area (Å²) in [6, 6.07) is 5.38. The lowest BCUT2D eigenvalue weighted by atomic mass is 10.2. The second kappa shape index (κ2) is 6.58. The van der Waals surface area contributed by atoms with Gasteiger partial charge < -0.3 is 15.8 Å². The molecule has 0 atom stereocenters. The highest BCUT2D eigenvalue weighted by Crippen LogP contribution is 2.23. The molecule has 0 aliphatic carbocycles. The first-order valence-corrected chi connectivity index (χ1v) is 7.12. The number of halogens is 1. The monoisotopic (exact) mass is 311 g/mol. The maximum atomic E-state index is 11.5. The van der Waals surface area contributed by atoms with Crippen molar-refractivity contribution < 1.29 is 9.53 Å². The maximum Gasteiger partial charge on any atom is 0.340 e. The van der Waals surface area contributed by atoms with Crippen LogP contribution in [0.25, 0.3) is 0 Å². The van der Waals surface area contributed by atoms with Gasteiger partial charge in [0.15, 0.2) is 0 Å². The van der Waals surface area contributed by atoms with E-state index in [1.165, 1.54) is 35.6 Å². The number of thiophene rings is 1. The Balaban J connectivity index is 2.01. The smallest absolute Gasteiger partial charge is 0.340 e. The van der Waals surface area contributed by atoms with E-state index in [-0.39, 0.29) is 0 Å². The lowest BCUT2D eigenvalue weighted by Gasteiger charge is -2.10. The van der Waals surface area contributed by atoms with E-state index < -0.39 is 5.97 Å². The first-order valence-electron chi connectivity index (χ1n) is 5.92. The Morgan fingerprint density at radius 3 is 2.95 bits per heavy atom. The van der Waals surface area contributed by atoms with E-state index in [1.807, 2.05) is 12.1 Å². The van der Waals surface area contributed by atoms with E-state index in [9.17, 15) is 4.79 Å². The summed E-state index contributed by atoms with van der Waals surface area (Å²) >= 11 is 7.41. The zero-order chi connectivity index (χ0) is 14.5. The Morgan fingerprint density at radius 2 is 2.30 bits per heavy atom. The second-order valence-electron chi connectivity index (χ2n) is 3.99. The molecule has 5 nitrogen and oxygen atoms in total. The zero-order valence-corrected chi connectivity index (χ0v) is 12.4. The van der Waals surface area contributed by atoms with Crippen LogP contribution in [0.5, 0.6) is 0 Å². The highest BCUT2D eigenvalue weighted by molar-refractivity contribution is 7.16. The number of aromatic nitrogens is 1. The maximum absolute atomic E-state index is 11.5. The van der Waals surface area contributed by atoms with Gasteiger partial charge in [-0.2, -0.15) is 0 Å². The third-order valence-electron chi connectivity index (χ3n) is 2.69. The number of methoxy groups -OCH3 is 1. The third kappa shape index (κ3) is 3.40. The quantitative estimate of drug-likeness (QED) is 0.830.